The van der Waals surface area contributed by atoms with Crippen molar-refractivity contribution in [3.8, 4) is 17.2 Å². The molecule has 6 rings (SSSR count). The average molecular weight is 531 g/mol. The number of fused-ring (bicyclic) bond motifs is 3. The minimum absolute atomic E-state index is 0.165. The van der Waals surface area contributed by atoms with Crippen LogP contribution in [0.25, 0.3) is 23.1 Å². The summed E-state index contributed by atoms with van der Waals surface area (Å²) in [6.45, 7) is 9.69. The van der Waals surface area contributed by atoms with Gasteiger partial charge in [0.1, 0.15) is 11.4 Å². The summed E-state index contributed by atoms with van der Waals surface area (Å²) in [6, 6.07) is 8.22. The van der Waals surface area contributed by atoms with E-state index in [0.29, 0.717) is 12.2 Å². The van der Waals surface area contributed by atoms with Gasteiger partial charge in [0.25, 0.3) is 0 Å². The van der Waals surface area contributed by atoms with Crippen LogP contribution in [0.2, 0.25) is 0 Å². The van der Waals surface area contributed by atoms with Crippen molar-refractivity contribution in [2.75, 3.05) is 20.2 Å². The van der Waals surface area contributed by atoms with Crippen LogP contribution in [-0.4, -0.2) is 51.6 Å². The maximum Gasteiger partial charge on any atom is 0.164 e. The van der Waals surface area contributed by atoms with E-state index in [0.717, 1.165) is 60.4 Å². The number of aliphatic hydroxyl groups excluding tert-OH is 1. The highest BCUT2D eigenvalue weighted by Gasteiger charge is 2.54. The number of aromatic nitrogens is 1. The first-order valence-corrected chi connectivity index (χ1v) is 14.4. The molecule has 1 saturated carbocycles. The van der Waals surface area contributed by atoms with Crippen LogP contribution in [-0.2, 0) is 20.0 Å². The number of aryl methyl sites for hydroxylation is 1. The zero-order chi connectivity index (χ0) is 27.5. The minimum Gasteiger partial charge on any atom is -0.504 e. The zero-order valence-electron chi connectivity index (χ0n) is 24.0. The summed E-state index contributed by atoms with van der Waals surface area (Å²) in [5, 5.41) is 22.9. The minimum atomic E-state index is -0.390. The third kappa shape index (κ3) is 4.52. The number of benzene rings is 2. The third-order valence-corrected chi connectivity index (χ3v) is 9.77. The van der Waals surface area contributed by atoms with E-state index >= 15 is 0 Å². The van der Waals surface area contributed by atoms with Crippen LogP contribution in [0.3, 0.4) is 0 Å². The molecule has 3 aliphatic rings. The summed E-state index contributed by atoms with van der Waals surface area (Å²) in [6.07, 6.45) is 10.8. The Morgan fingerprint density at radius 1 is 1.08 bits per heavy atom. The number of hydrogen-bond donors (Lipinski definition) is 2. The number of nitrogens with zero attached hydrogens (tertiary/aromatic N) is 2. The Hall–Kier alpha value is -2.96. The molecule has 3 heterocycles. The standard InChI is InChI=1S/C33H42N2O4/c1-32(2)28-18-23-14-21(16-26(36)31(23)39-33(28,3)11-10-29(32)37)8-9-22-15-25-30(27(17-22)38-5)24(19-34(25)4)20-35-12-6-7-13-35/h8-9,14-17,19,28-29,36-37H,6-7,10-13,18,20H2,1-5H3/b9-8+/t28-,29-,33-/m1/s1. The highest BCUT2D eigenvalue weighted by Crippen LogP contribution is 2.54. The van der Waals surface area contributed by atoms with Crippen LogP contribution >= 0.6 is 0 Å². The van der Waals surface area contributed by atoms with Gasteiger partial charge >= 0.3 is 0 Å². The van der Waals surface area contributed by atoms with Gasteiger partial charge in [-0.05, 0) is 104 Å². The second kappa shape index (κ2) is 9.60. The van der Waals surface area contributed by atoms with Crippen molar-refractivity contribution in [2.24, 2.45) is 18.4 Å². The van der Waals surface area contributed by atoms with Gasteiger partial charge in [-0.3, -0.25) is 4.90 Å². The largest absolute Gasteiger partial charge is 0.504 e. The fraction of sp³-hybridized carbons (Fsp3) is 0.515. The predicted octanol–water partition coefficient (Wildman–Crippen LogP) is 6.15. The molecule has 2 N–H and O–H groups in total. The van der Waals surface area contributed by atoms with Gasteiger partial charge in [0.2, 0.25) is 0 Å². The molecule has 0 unspecified atom stereocenters. The van der Waals surface area contributed by atoms with Crippen LogP contribution in [0.5, 0.6) is 17.2 Å². The molecule has 6 heteroatoms. The summed E-state index contributed by atoms with van der Waals surface area (Å²) in [7, 11) is 3.84. The normalized spacial score (nSPS) is 26.5. The number of hydrogen-bond acceptors (Lipinski definition) is 5. The van der Waals surface area contributed by atoms with Crippen molar-refractivity contribution in [3.05, 3.63) is 52.7 Å². The molecule has 2 fully saturated rings. The Morgan fingerprint density at radius 2 is 1.79 bits per heavy atom. The van der Waals surface area contributed by atoms with Gasteiger partial charge in [-0.1, -0.05) is 26.0 Å². The third-order valence-electron chi connectivity index (χ3n) is 9.77. The van der Waals surface area contributed by atoms with Crippen molar-refractivity contribution in [1.29, 1.82) is 0 Å². The Morgan fingerprint density at radius 3 is 2.51 bits per heavy atom. The lowest BCUT2D eigenvalue weighted by Gasteiger charge is -2.55. The maximum absolute atomic E-state index is 11.0. The van der Waals surface area contributed by atoms with E-state index in [-0.39, 0.29) is 28.8 Å². The predicted molar refractivity (Wildman–Crippen MR) is 156 cm³/mol. The van der Waals surface area contributed by atoms with Gasteiger partial charge in [0.15, 0.2) is 11.5 Å². The van der Waals surface area contributed by atoms with E-state index in [9.17, 15) is 10.2 Å². The van der Waals surface area contributed by atoms with Gasteiger partial charge in [-0.25, -0.2) is 0 Å². The molecule has 208 valence electrons. The molecule has 2 aromatic carbocycles. The number of likely N-dealkylation sites (tertiary alicyclic amines) is 1. The molecular formula is C33H42N2O4. The molecule has 0 bridgehead atoms. The second-order valence-corrected chi connectivity index (χ2v) is 12.8. The van der Waals surface area contributed by atoms with Gasteiger partial charge in [-0.15, -0.1) is 0 Å². The summed E-state index contributed by atoms with van der Waals surface area (Å²) in [4.78, 5) is 2.52. The van der Waals surface area contributed by atoms with Crippen molar-refractivity contribution in [2.45, 2.75) is 71.1 Å². The van der Waals surface area contributed by atoms with Crippen LogP contribution in [0.4, 0.5) is 0 Å². The summed E-state index contributed by atoms with van der Waals surface area (Å²) < 4.78 is 14.6. The number of aliphatic hydroxyl groups is 1. The van der Waals surface area contributed by atoms with E-state index in [4.69, 9.17) is 9.47 Å². The number of ether oxygens (including phenoxy) is 2. The first-order chi connectivity index (χ1) is 18.6. The molecule has 0 amide bonds. The van der Waals surface area contributed by atoms with Gasteiger partial charge in [-0.2, -0.15) is 0 Å². The Kier molecular flexibility index (Phi) is 6.47. The highest BCUT2D eigenvalue weighted by atomic mass is 16.5. The first-order valence-electron chi connectivity index (χ1n) is 14.4. The molecule has 3 aromatic rings. The molecule has 2 aliphatic heterocycles. The SMILES string of the molecule is COc1cc(/C=C/c2cc(O)c3c(c2)C[C@@H]2C(C)(C)[C@H](O)CC[C@@]2(C)O3)cc2c1c(CN1CCCC1)cn2C. The van der Waals surface area contributed by atoms with Crippen LogP contribution < -0.4 is 9.47 Å². The number of phenols is 1. The van der Waals surface area contributed by atoms with E-state index in [1.165, 1.54) is 23.8 Å². The van der Waals surface area contributed by atoms with E-state index in [1.807, 2.05) is 6.08 Å². The smallest absolute Gasteiger partial charge is 0.164 e. The van der Waals surface area contributed by atoms with Crippen molar-refractivity contribution >= 4 is 23.1 Å². The molecule has 1 saturated heterocycles. The topological polar surface area (TPSA) is 67.1 Å². The van der Waals surface area contributed by atoms with E-state index in [1.54, 1.807) is 13.2 Å². The summed E-state index contributed by atoms with van der Waals surface area (Å²) in [5.41, 5.74) is 4.78. The molecule has 6 nitrogen and oxygen atoms in total. The second-order valence-electron chi connectivity index (χ2n) is 12.8. The lowest BCUT2D eigenvalue weighted by atomic mass is 9.57. The van der Waals surface area contributed by atoms with Crippen molar-refractivity contribution in [1.82, 2.24) is 9.47 Å². The Labute approximate surface area is 231 Å². The maximum atomic E-state index is 11.0. The average Bonchev–Trinajstić information content (AvgIpc) is 3.53. The molecule has 3 atom stereocenters. The molecule has 0 radical (unpaired) electrons. The molecule has 1 aromatic heterocycles. The monoisotopic (exact) mass is 530 g/mol. The summed E-state index contributed by atoms with van der Waals surface area (Å²) in [5.74, 6) is 1.83. The van der Waals surface area contributed by atoms with Gasteiger partial charge in [0.05, 0.1) is 18.7 Å². The highest BCUT2D eigenvalue weighted by molar-refractivity contribution is 5.92. The number of phenolic OH excluding ortho intramolecular Hbond substituents is 1. The van der Waals surface area contributed by atoms with Crippen LogP contribution in [0.1, 0.15) is 68.7 Å². The van der Waals surface area contributed by atoms with E-state index < -0.39 is 0 Å². The first kappa shape index (κ1) is 26.3. The molecule has 0 spiro atoms. The lowest BCUT2D eigenvalue weighted by Crippen LogP contribution is -2.58. The number of rotatable bonds is 5. The fourth-order valence-electron chi connectivity index (χ4n) is 7.45. The zero-order valence-corrected chi connectivity index (χ0v) is 24.0. The van der Waals surface area contributed by atoms with Gasteiger partial charge in [0, 0.05) is 31.1 Å². The molecule has 39 heavy (non-hydrogen) atoms. The van der Waals surface area contributed by atoms with Crippen LogP contribution in [0.15, 0.2) is 30.5 Å². The number of methoxy groups -OCH3 is 1. The van der Waals surface area contributed by atoms with Gasteiger partial charge < -0.3 is 24.3 Å². The van der Waals surface area contributed by atoms with Crippen molar-refractivity contribution < 1.29 is 19.7 Å². The molecular weight excluding hydrogens is 488 g/mol. The fourth-order valence-corrected chi connectivity index (χ4v) is 7.45. The Bertz CT molecular complexity index is 1430. The number of aromatic hydroxyl groups is 1. The lowest BCUT2D eigenvalue weighted by molar-refractivity contribution is -0.138. The van der Waals surface area contributed by atoms with E-state index in [2.05, 4.69) is 67.8 Å². The molecule has 1 aliphatic carbocycles. The Balaban J connectivity index is 1.31. The van der Waals surface area contributed by atoms with Crippen molar-refractivity contribution in [3.63, 3.8) is 0 Å². The quantitative estimate of drug-likeness (QED) is 0.388. The van der Waals surface area contributed by atoms with Crippen LogP contribution in [0, 0.1) is 11.3 Å². The summed E-state index contributed by atoms with van der Waals surface area (Å²) >= 11 is 0.